The molecule has 0 amide bonds. The molecule has 1 N–H and O–H groups in total. The number of allylic oxidation sites excluding steroid dienone is 2. The second kappa shape index (κ2) is 7.23. The Hall–Kier alpha value is -0.640. The number of carbonyl (C=O) groups is 2. The van der Waals surface area contributed by atoms with Crippen molar-refractivity contribution in [2.45, 2.75) is 113 Å². The summed E-state index contributed by atoms with van der Waals surface area (Å²) in [4.78, 5) is 25.8. The monoisotopic (exact) mass is 532 g/mol. The van der Waals surface area contributed by atoms with Crippen LogP contribution in [-0.2, 0) is 9.59 Å². The number of halogens is 1. The van der Waals surface area contributed by atoms with Gasteiger partial charge in [-0.2, -0.15) is 0 Å². The Morgan fingerprint density at radius 2 is 1.56 bits per heavy atom. The first-order valence-corrected chi connectivity index (χ1v) is 14.5. The Bertz CT molecular complexity index is 978. The Labute approximate surface area is 215 Å². The average Bonchev–Trinajstić information content (AvgIpc) is 2.72. The minimum absolute atomic E-state index is 0.00532. The molecule has 5 aliphatic rings. The maximum Gasteiger partial charge on any atom is 0.310 e. The predicted molar refractivity (Wildman–Crippen MR) is 140 cm³/mol. The van der Waals surface area contributed by atoms with Gasteiger partial charge in [0.25, 0.3) is 0 Å². The van der Waals surface area contributed by atoms with Crippen LogP contribution in [0.1, 0.15) is 113 Å². The predicted octanol–water partition coefficient (Wildman–Crippen LogP) is 8.16. The number of rotatable bonds is 1. The molecule has 0 saturated heterocycles. The van der Waals surface area contributed by atoms with Crippen molar-refractivity contribution in [3.63, 3.8) is 0 Å². The Balaban J connectivity index is 1.65. The van der Waals surface area contributed by atoms with Crippen LogP contribution in [0, 0.1) is 50.2 Å². The second-order valence-corrected chi connectivity index (χ2v) is 15.9. The largest absolute Gasteiger partial charge is 0.481 e. The highest BCUT2D eigenvalue weighted by atomic mass is 79.9. The van der Waals surface area contributed by atoms with Crippen LogP contribution in [0.3, 0.4) is 0 Å². The highest BCUT2D eigenvalue weighted by Gasteiger charge is 2.70. The summed E-state index contributed by atoms with van der Waals surface area (Å²) in [6, 6.07) is 0. The van der Waals surface area contributed by atoms with E-state index < -0.39 is 11.4 Å². The van der Waals surface area contributed by atoms with E-state index in [9.17, 15) is 14.7 Å². The van der Waals surface area contributed by atoms with Gasteiger partial charge in [-0.3, -0.25) is 9.59 Å². The highest BCUT2D eigenvalue weighted by molar-refractivity contribution is 9.11. The molecule has 34 heavy (non-hydrogen) atoms. The summed E-state index contributed by atoms with van der Waals surface area (Å²) in [5.74, 6) is 0.945. The summed E-state index contributed by atoms with van der Waals surface area (Å²) in [6.07, 6.45) is 9.52. The van der Waals surface area contributed by atoms with E-state index in [1.54, 1.807) is 0 Å². The number of aliphatic carboxylic acids is 1. The van der Waals surface area contributed by atoms with Crippen LogP contribution in [0.15, 0.2) is 10.1 Å². The van der Waals surface area contributed by atoms with Gasteiger partial charge in [-0.1, -0.05) is 64.4 Å². The van der Waals surface area contributed by atoms with E-state index in [0.717, 1.165) is 57.8 Å². The van der Waals surface area contributed by atoms with E-state index in [4.69, 9.17) is 0 Å². The summed E-state index contributed by atoms with van der Waals surface area (Å²) in [5.41, 5.74) is 1.07. The standard InChI is InChI=1S/C30H45BrO3/c1-25(2)12-14-30(24(33)34)15-13-29(7)23(18(30)17-25)19(31)16-21-27(5)10-9-22(32)26(3,4)20(27)8-11-28(21,29)6/h18,20-21H,8-17H2,1-7H3,(H,33,34). The molecule has 0 aliphatic heterocycles. The lowest BCUT2D eigenvalue weighted by atomic mass is 9.33. The molecule has 7 unspecified atom stereocenters. The molecule has 5 aliphatic carbocycles. The van der Waals surface area contributed by atoms with E-state index >= 15 is 0 Å². The van der Waals surface area contributed by atoms with Crippen LogP contribution in [-0.4, -0.2) is 16.9 Å². The zero-order valence-corrected chi connectivity index (χ0v) is 24.0. The number of hydrogen-bond donors (Lipinski definition) is 1. The molecule has 0 bridgehead atoms. The van der Waals surface area contributed by atoms with E-state index in [0.29, 0.717) is 24.0 Å². The fourth-order valence-electron chi connectivity index (χ4n) is 10.5. The van der Waals surface area contributed by atoms with Gasteiger partial charge in [-0.05, 0) is 107 Å². The number of Topliss-reactive ketones (excluding diaryl/α,β-unsaturated/α-hetero) is 1. The molecule has 190 valence electrons. The van der Waals surface area contributed by atoms with Crippen LogP contribution < -0.4 is 0 Å². The van der Waals surface area contributed by atoms with Gasteiger partial charge in [0.1, 0.15) is 5.78 Å². The molecule has 4 saturated carbocycles. The second-order valence-electron chi connectivity index (χ2n) is 14.9. The Morgan fingerprint density at radius 1 is 0.912 bits per heavy atom. The quantitative estimate of drug-likeness (QED) is 0.370. The molecule has 4 heteroatoms. The normalized spacial score (nSPS) is 49.4. The SMILES string of the molecule is CC1(C)CCC2(C(=O)O)CCC3(C)C(=C(Br)CC4C5(C)CCC(=O)C(C)(C)C5CCC43C)C2C1. The lowest BCUT2D eigenvalue weighted by Gasteiger charge is -2.71. The van der Waals surface area contributed by atoms with Gasteiger partial charge in [0, 0.05) is 11.8 Å². The molecule has 0 aromatic rings. The van der Waals surface area contributed by atoms with E-state index in [1.807, 2.05) is 0 Å². The van der Waals surface area contributed by atoms with Crippen molar-refractivity contribution >= 4 is 27.7 Å². The van der Waals surface area contributed by atoms with Gasteiger partial charge in [0.05, 0.1) is 5.41 Å². The first-order chi connectivity index (χ1) is 15.6. The first-order valence-electron chi connectivity index (χ1n) is 13.7. The summed E-state index contributed by atoms with van der Waals surface area (Å²) in [5, 5.41) is 10.6. The number of carboxylic acids is 1. The molecule has 5 rings (SSSR count). The topological polar surface area (TPSA) is 54.4 Å². The van der Waals surface area contributed by atoms with Gasteiger partial charge in [-0.15, -0.1) is 0 Å². The third-order valence-electron chi connectivity index (χ3n) is 12.8. The average molecular weight is 534 g/mol. The number of hydrogen-bond acceptors (Lipinski definition) is 2. The van der Waals surface area contributed by atoms with E-state index in [1.165, 1.54) is 10.1 Å². The Kier molecular flexibility index (Phi) is 5.32. The third kappa shape index (κ3) is 2.93. The van der Waals surface area contributed by atoms with Gasteiger partial charge >= 0.3 is 5.97 Å². The number of ketones is 1. The molecule has 0 spiro atoms. The highest BCUT2D eigenvalue weighted by Crippen LogP contribution is 2.76. The van der Waals surface area contributed by atoms with Gasteiger partial charge in [0.15, 0.2) is 0 Å². The van der Waals surface area contributed by atoms with Crippen molar-refractivity contribution in [1.29, 1.82) is 0 Å². The van der Waals surface area contributed by atoms with Crippen molar-refractivity contribution in [2.24, 2.45) is 50.2 Å². The number of carboxylic acid groups (broad SMARTS) is 1. The van der Waals surface area contributed by atoms with Crippen LogP contribution in [0.2, 0.25) is 0 Å². The van der Waals surface area contributed by atoms with Crippen molar-refractivity contribution in [3.05, 3.63) is 10.1 Å². The first kappa shape index (κ1) is 25.0. The summed E-state index contributed by atoms with van der Waals surface area (Å²) < 4.78 is 1.31. The molecule has 0 aromatic carbocycles. The van der Waals surface area contributed by atoms with Crippen LogP contribution in [0.25, 0.3) is 0 Å². The maximum absolute atomic E-state index is 13.0. The minimum Gasteiger partial charge on any atom is -0.481 e. The van der Waals surface area contributed by atoms with Gasteiger partial charge < -0.3 is 5.11 Å². The fraction of sp³-hybridized carbons (Fsp3) is 0.867. The molecule has 4 fully saturated rings. The molecule has 0 heterocycles. The Morgan fingerprint density at radius 3 is 2.21 bits per heavy atom. The maximum atomic E-state index is 13.0. The fourth-order valence-corrected chi connectivity index (χ4v) is 11.5. The minimum atomic E-state index is -0.604. The zero-order chi connectivity index (χ0) is 25.1. The molecular weight excluding hydrogens is 488 g/mol. The van der Waals surface area contributed by atoms with Crippen molar-refractivity contribution in [2.75, 3.05) is 0 Å². The smallest absolute Gasteiger partial charge is 0.310 e. The van der Waals surface area contributed by atoms with E-state index in [-0.39, 0.29) is 33.0 Å². The van der Waals surface area contributed by atoms with Gasteiger partial charge in [0.2, 0.25) is 0 Å². The van der Waals surface area contributed by atoms with E-state index in [2.05, 4.69) is 64.4 Å². The molecule has 3 nitrogen and oxygen atoms in total. The van der Waals surface area contributed by atoms with Gasteiger partial charge in [-0.25, -0.2) is 0 Å². The molecule has 7 atom stereocenters. The van der Waals surface area contributed by atoms with Crippen molar-refractivity contribution < 1.29 is 14.7 Å². The lowest BCUT2D eigenvalue weighted by Crippen LogP contribution is -2.65. The molecule has 0 radical (unpaired) electrons. The molecule has 0 aromatic heterocycles. The van der Waals surface area contributed by atoms with Crippen LogP contribution in [0.4, 0.5) is 0 Å². The summed E-state index contributed by atoms with van der Waals surface area (Å²) in [6.45, 7) is 16.6. The van der Waals surface area contributed by atoms with Crippen LogP contribution in [0.5, 0.6) is 0 Å². The zero-order valence-electron chi connectivity index (χ0n) is 22.4. The molecular formula is C30H45BrO3. The summed E-state index contributed by atoms with van der Waals surface area (Å²) >= 11 is 4.13. The summed E-state index contributed by atoms with van der Waals surface area (Å²) in [7, 11) is 0. The number of fused-ring (bicyclic) bond motifs is 7. The lowest BCUT2D eigenvalue weighted by molar-refractivity contribution is -0.189. The van der Waals surface area contributed by atoms with Crippen LogP contribution >= 0.6 is 15.9 Å². The third-order valence-corrected chi connectivity index (χ3v) is 13.6. The number of carbonyl (C=O) groups excluding carboxylic acids is 1. The van der Waals surface area contributed by atoms with Crippen molar-refractivity contribution in [1.82, 2.24) is 0 Å². The van der Waals surface area contributed by atoms with Crippen molar-refractivity contribution in [3.8, 4) is 0 Å².